The van der Waals surface area contributed by atoms with Gasteiger partial charge in [-0.15, -0.1) is 0 Å². The Bertz CT molecular complexity index is 422. The van der Waals surface area contributed by atoms with Crippen molar-refractivity contribution in [3.05, 3.63) is 11.2 Å². The summed E-state index contributed by atoms with van der Waals surface area (Å²) in [5.41, 5.74) is 1.74. The Balaban J connectivity index is 2.14. The predicted octanol–water partition coefficient (Wildman–Crippen LogP) is 1.16. The molecule has 1 heterocycles. The molecule has 1 saturated carbocycles. The Labute approximate surface area is 111 Å². The molecule has 0 spiro atoms. The molecule has 6 nitrogen and oxygen atoms in total. The first-order valence-electron chi connectivity index (χ1n) is 5.97. The first kappa shape index (κ1) is 13.3. The van der Waals surface area contributed by atoms with E-state index in [9.17, 15) is 5.11 Å². The van der Waals surface area contributed by atoms with Crippen molar-refractivity contribution in [2.45, 2.75) is 31.3 Å². The number of anilines is 2. The maximum absolute atomic E-state index is 10.4. The van der Waals surface area contributed by atoms with E-state index in [1.54, 1.807) is 0 Å². The number of hydrogen-bond acceptors (Lipinski definition) is 6. The largest absolute Gasteiger partial charge is 0.388 e. The van der Waals surface area contributed by atoms with Crippen LogP contribution >= 0.6 is 11.6 Å². The third-order valence-corrected chi connectivity index (χ3v) is 3.55. The zero-order valence-corrected chi connectivity index (χ0v) is 11.1. The number of nitrogen functional groups attached to an aromatic ring is 1. The normalized spacial score (nSPS) is 17.8. The second-order valence-corrected chi connectivity index (χ2v) is 5.20. The van der Waals surface area contributed by atoms with Gasteiger partial charge < -0.3 is 10.0 Å². The smallest absolute Gasteiger partial charge is 0.239 e. The van der Waals surface area contributed by atoms with Gasteiger partial charge in [-0.1, -0.05) is 24.4 Å². The minimum atomic E-state index is -0.640. The Kier molecular flexibility index (Phi) is 3.89. The molecule has 1 aromatic rings. The molecular weight excluding hydrogens is 254 g/mol. The van der Waals surface area contributed by atoms with E-state index in [1.807, 2.05) is 11.9 Å². The van der Waals surface area contributed by atoms with Crippen molar-refractivity contribution < 1.29 is 5.11 Å². The highest BCUT2D eigenvalue weighted by molar-refractivity contribution is 6.32. The third kappa shape index (κ3) is 2.82. The lowest BCUT2D eigenvalue weighted by Gasteiger charge is -2.29. The van der Waals surface area contributed by atoms with Crippen LogP contribution in [0, 0.1) is 0 Å². The summed E-state index contributed by atoms with van der Waals surface area (Å²) in [7, 11) is 1.85. The Morgan fingerprint density at radius 3 is 2.83 bits per heavy atom. The van der Waals surface area contributed by atoms with E-state index < -0.39 is 5.60 Å². The maximum Gasteiger partial charge on any atom is 0.239 e. The highest BCUT2D eigenvalue weighted by Crippen LogP contribution is 2.32. The summed E-state index contributed by atoms with van der Waals surface area (Å²) in [5, 5.41) is 10.8. The molecule has 0 bridgehead atoms. The number of hydrazine groups is 1. The van der Waals surface area contributed by atoms with E-state index in [-0.39, 0.29) is 0 Å². The average Bonchev–Trinajstić information content (AvgIpc) is 2.76. The van der Waals surface area contributed by atoms with Crippen LogP contribution in [0.15, 0.2) is 6.20 Å². The monoisotopic (exact) mass is 271 g/mol. The van der Waals surface area contributed by atoms with Crippen LogP contribution in [-0.4, -0.2) is 34.3 Å². The van der Waals surface area contributed by atoms with Gasteiger partial charge in [-0.3, -0.25) is 5.43 Å². The van der Waals surface area contributed by atoms with Gasteiger partial charge in [0.15, 0.2) is 5.82 Å². The van der Waals surface area contributed by atoms with Crippen molar-refractivity contribution in [1.29, 1.82) is 0 Å². The molecule has 1 fully saturated rings. The number of likely N-dealkylation sites (N-methyl/N-ethyl adjacent to an activating group) is 1. The summed E-state index contributed by atoms with van der Waals surface area (Å²) in [6, 6.07) is 0. The van der Waals surface area contributed by atoms with E-state index in [2.05, 4.69) is 15.4 Å². The molecule has 100 valence electrons. The molecule has 4 N–H and O–H groups in total. The second kappa shape index (κ2) is 5.26. The molecule has 0 amide bonds. The molecule has 1 aliphatic carbocycles. The van der Waals surface area contributed by atoms with Crippen molar-refractivity contribution >= 4 is 23.4 Å². The first-order valence-corrected chi connectivity index (χ1v) is 6.34. The van der Waals surface area contributed by atoms with Gasteiger partial charge in [-0.05, 0) is 12.8 Å². The number of nitrogens with two attached hydrogens (primary N) is 1. The molecule has 2 rings (SSSR count). The molecule has 1 aromatic heterocycles. The summed E-state index contributed by atoms with van der Waals surface area (Å²) in [4.78, 5) is 9.96. The van der Waals surface area contributed by atoms with Crippen molar-refractivity contribution in [3.8, 4) is 0 Å². The van der Waals surface area contributed by atoms with Crippen molar-refractivity contribution in [1.82, 2.24) is 9.97 Å². The van der Waals surface area contributed by atoms with Crippen molar-refractivity contribution in [2.75, 3.05) is 23.9 Å². The van der Waals surface area contributed by atoms with E-state index in [0.717, 1.165) is 25.7 Å². The lowest BCUT2D eigenvalue weighted by molar-refractivity contribution is 0.0558. The van der Waals surface area contributed by atoms with Crippen LogP contribution in [0.5, 0.6) is 0 Å². The zero-order chi connectivity index (χ0) is 13.2. The van der Waals surface area contributed by atoms with Gasteiger partial charge in [0.05, 0.1) is 11.8 Å². The summed E-state index contributed by atoms with van der Waals surface area (Å²) < 4.78 is 0. The molecule has 1 aliphatic rings. The van der Waals surface area contributed by atoms with E-state index >= 15 is 0 Å². The van der Waals surface area contributed by atoms with Gasteiger partial charge in [0.1, 0.15) is 5.02 Å². The fourth-order valence-corrected chi connectivity index (χ4v) is 2.64. The lowest BCUT2D eigenvalue weighted by atomic mass is 10.0. The van der Waals surface area contributed by atoms with Crippen LogP contribution in [0.25, 0.3) is 0 Å². The molecular formula is C11H18ClN5O. The molecule has 18 heavy (non-hydrogen) atoms. The number of nitrogens with zero attached hydrogens (tertiary/aromatic N) is 3. The topological polar surface area (TPSA) is 87.3 Å². The zero-order valence-electron chi connectivity index (χ0n) is 10.4. The fraction of sp³-hybridized carbons (Fsp3) is 0.636. The molecule has 7 heteroatoms. The van der Waals surface area contributed by atoms with E-state index in [1.165, 1.54) is 6.20 Å². The van der Waals surface area contributed by atoms with E-state index in [4.69, 9.17) is 17.4 Å². The number of aliphatic hydroxyl groups is 1. The molecule has 0 atom stereocenters. The number of rotatable bonds is 4. The highest BCUT2D eigenvalue weighted by Gasteiger charge is 2.33. The average molecular weight is 272 g/mol. The van der Waals surface area contributed by atoms with Gasteiger partial charge in [-0.25, -0.2) is 10.8 Å². The molecule has 0 unspecified atom stereocenters. The molecule has 0 saturated heterocycles. The first-order chi connectivity index (χ1) is 8.54. The van der Waals surface area contributed by atoms with Crippen LogP contribution in [0.3, 0.4) is 0 Å². The van der Waals surface area contributed by atoms with Crippen LogP contribution in [-0.2, 0) is 0 Å². The van der Waals surface area contributed by atoms with Crippen molar-refractivity contribution in [2.24, 2.45) is 5.84 Å². The van der Waals surface area contributed by atoms with Crippen LogP contribution < -0.4 is 16.2 Å². The summed E-state index contributed by atoms with van der Waals surface area (Å²) in [6.07, 6.45) is 5.27. The standard InChI is InChI=1S/C11H18ClN5O/c1-17(7-11(18)4-2-3-5-11)9-8(12)6-14-10(15-9)16-13/h6,18H,2-5,7,13H2,1H3,(H,14,15,16). The van der Waals surface area contributed by atoms with Crippen LogP contribution in [0.4, 0.5) is 11.8 Å². The van der Waals surface area contributed by atoms with Crippen LogP contribution in [0.1, 0.15) is 25.7 Å². The van der Waals surface area contributed by atoms with Crippen molar-refractivity contribution in [3.63, 3.8) is 0 Å². The minimum absolute atomic E-state index is 0.305. The van der Waals surface area contributed by atoms with E-state index in [0.29, 0.717) is 23.3 Å². The van der Waals surface area contributed by atoms with Gasteiger partial charge in [0.25, 0.3) is 0 Å². The number of hydrogen-bond donors (Lipinski definition) is 3. The Morgan fingerprint density at radius 1 is 1.56 bits per heavy atom. The Hall–Kier alpha value is -1.11. The maximum atomic E-state index is 10.4. The van der Waals surface area contributed by atoms with Crippen LogP contribution in [0.2, 0.25) is 5.02 Å². The fourth-order valence-electron chi connectivity index (χ4n) is 2.40. The molecule has 0 radical (unpaired) electrons. The minimum Gasteiger partial charge on any atom is -0.388 e. The molecule has 0 aliphatic heterocycles. The van der Waals surface area contributed by atoms with Gasteiger partial charge in [0, 0.05) is 13.6 Å². The summed E-state index contributed by atoms with van der Waals surface area (Å²) in [6.45, 7) is 0.508. The van der Waals surface area contributed by atoms with Gasteiger partial charge in [0.2, 0.25) is 5.95 Å². The number of halogens is 1. The van der Waals surface area contributed by atoms with Gasteiger partial charge in [-0.2, -0.15) is 4.98 Å². The lowest BCUT2D eigenvalue weighted by Crippen LogP contribution is -2.39. The summed E-state index contributed by atoms with van der Waals surface area (Å²) >= 11 is 6.06. The second-order valence-electron chi connectivity index (χ2n) is 4.80. The SMILES string of the molecule is CN(CC1(O)CCCC1)c1nc(NN)ncc1Cl. The Morgan fingerprint density at radius 2 is 2.22 bits per heavy atom. The summed E-state index contributed by atoms with van der Waals surface area (Å²) in [5.74, 6) is 6.15. The number of aromatic nitrogens is 2. The number of nitrogens with one attached hydrogen (secondary N) is 1. The third-order valence-electron chi connectivity index (χ3n) is 3.28. The quantitative estimate of drug-likeness (QED) is 0.563. The van der Waals surface area contributed by atoms with Gasteiger partial charge >= 0.3 is 0 Å². The molecule has 0 aromatic carbocycles. The predicted molar refractivity (Wildman–Crippen MR) is 71.5 cm³/mol. The highest BCUT2D eigenvalue weighted by atomic mass is 35.5.